The number of anilines is 1. The maximum atomic E-state index is 11.4. The third-order valence-electron chi connectivity index (χ3n) is 2.09. The largest absolute Gasteiger partial charge is 0.477 e. The summed E-state index contributed by atoms with van der Waals surface area (Å²) in [5, 5.41) is 18.2. The van der Waals surface area contributed by atoms with E-state index >= 15 is 0 Å². The maximum absolute atomic E-state index is 11.4. The summed E-state index contributed by atoms with van der Waals surface area (Å²) < 4.78 is 21.3. The lowest BCUT2D eigenvalue weighted by molar-refractivity contribution is 0.0692. The van der Waals surface area contributed by atoms with Crippen LogP contribution in [-0.4, -0.2) is 42.8 Å². The number of rotatable bonds is 5. The molecule has 0 saturated carbocycles. The molecule has 1 aromatic heterocycles. The topological polar surface area (TPSA) is 154 Å². The Kier molecular flexibility index (Phi) is 4.51. The van der Waals surface area contributed by atoms with E-state index in [1.54, 1.807) is 6.92 Å². The molecule has 0 aliphatic heterocycles. The number of aromatic nitrogens is 1. The van der Waals surface area contributed by atoms with Crippen molar-refractivity contribution in [2.75, 3.05) is 17.6 Å². The smallest absolute Gasteiger partial charge is 0.354 e. The van der Waals surface area contributed by atoms with Crippen molar-refractivity contribution in [3.05, 3.63) is 17.5 Å². The summed E-state index contributed by atoms with van der Waals surface area (Å²) in [4.78, 5) is 24.9. The van der Waals surface area contributed by atoms with Crippen LogP contribution >= 0.6 is 0 Å². The SMILES string of the molecule is Cc1cc(NC(=O)NCCS(N)(=O)=O)c(C(=O)O)[nH]1. The number of amides is 2. The quantitative estimate of drug-likeness (QED) is 0.491. The lowest BCUT2D eigenvalue weighted by Crippen LogP contribution is -2.34. The van der Waals surface area contributed by atoms with E-state index in [1.165, 1.54) is 6.07 Å². The Bertz CT molecular complexity index is 592. The highest BCUT2D eigenvalue weighted by Gasteiger charge is 2.15. The molecule has 9 nitrogen and oxygen atoms in total. The molecule has 2 amide bonds. The minimum absolute atomic E-state index is 0.0955. The number of carboxylic acid groups (broad SMARTS) is 1. The Morgan fingerprint density at radius 3 is 2.63 bits per heavy atom. The molecule has 10 heteroatoms. The summed E-state index contributed by atoms with van der Waals surface area (Å²) in [6, 6.07) is 0.730. The molecule has 0 fully saturated rings. The summed E-state index contributed by atoms with van der Waals surface area (Å²) in [7, 11) is -3.65. The first-order chi connectivity index (χ1) is 8.69. The minimum atomic E-state index is -3.65. The van der Waals surface area contributed by atoms with Gasteiger partial charge in [-0.3, -0.25) is 0 Å². The van der Waals surface area contributed by atoms with Crippen LogP contribution in [0, 0.1) is 6.92 Å². The summed E-state index contributed by atoms with van der Waals surface area (Å²) in [6.07, 6.45) is 0. The summed E-state index contributed by atoms with van der Waals surface area (Å²) in [5.74, 6) is -1.62. The Hall–Kier alpha value is -2.07. The normalized spacial score (nSPS) is 11.1. The number of carbonyl (C=O) groups excluding carboxylic acids is 1. The first-order valence-electron chi connectivity index (χ1n) is 5.17. The number of aryl methyl sites for hydroxylation is 1. The van der Waals surface area contributed by atoms with Crippen LogP contribution in [0.5, 0.6) is 0 Å². The van der Waals surface area contributed by atoms with Gasteiger partial charge in [0.15, 0.2) is 0 Å². The van der Waals surface area contributed by atoms with Crippen molar-refractivity contribution >= 4 is 27.7 Å². The van der Waals surface area contributed by atoms with Crippen molar-refractivity contribution in [3.63, 3.8) is 0 Å². The van der Waals surface area contributed by atoms with E-state index < -0.39 is 27.8 Å². The number of carbonyl (C=O) groups is 2. The van der Waals surface area contributed by atoms with Crippen molar-refractivity contribution in [1.29, 1.82) is 0 Å². The molecular formula is C9H14N4O5S. The van der Waals surface area contributed by atoms with Gasteiger partial charge in [0, 0.05) is 12.2 Å². The standard InChI is InChI=1S/C9H14N4O5S/c1-5-4-6(7(12-5)8(14)15)13-9(16)11-2-3-19(10,17)18/h4,12H,2-3H2,1H3,(H,14,15)(H2,10,17,18)(H2,11,13,16). The number of aromatic amines is 1. The van der Waals surface area contributed by atoms with Gasteiger partial charge in [-0.25, -0.2) is 23.1 Å². The number of hydrogen-bond acceptors (Lipinski definition) is 4. The zero-order valence-electron chi connectivity index (χ0n) is 10.1. The molecule has 0 aliphatic carbocycles. The molecule has 0 aromatic carbocycles. The predicted octanol–water partition coefficient (Wildman–Crippen LogP) is -0.569. The minimum Gasteiger partial charge on any atom is -0.477 e. The Morgan fingerprint density at radius 1 is 1.47 bits per heavy atom. The molecule has 0 aliphatic rings. The van der Waals surface area contributed by atoms with Gasteiger partial charge < -0.3 is 20.7 Å². The van der Waals surface area contributed by atoms with Crippen molar-refractivity contribution in [2.45, 2.75) is 6.92 Å². The van der Waals surface area contributed by atoms with E-state index in [-0.39, 0.29) is 17.9 Å². The van der Waals surface area contributed by atoms with Crippen LogP contribution < -0.4 is 15.8 Å². The number of aromatic carboxylic acids is 1. The fourth-order valence-electron chi connectivity index (χ4n) is 1.33. The number of sulfonamides is 1. The van der Waals surface area contributed by atoms with Gasteiger partial charge in [0.1, 0.15) is 5.69 Å². The molecule has 0 unspecified atom stereocenters. The lowest BCUT2D eigenvalue weighted by atomic mass is 10.3. The number of urea groups is 1. The van der Waals surface area contributed by atoms with Gasteiger partial charge in [0.05, 0.1) is 11.4 Å². The van der Waals surface area contributed by atoms with Crippen molar-refractivity contribution < 1.29 is 23.1 Å². The second kappa shape index (κ2) is 5.71. The predicted molar refractivity (Wildman–Crippen MR) is 67.5 cm³/mol. The second-order valence-electron chi connectivity index (χ2n) is 3.79. The van der Waals surface area contributed by atoms with Crippen molar-refractivity contribution in [2.24, 2.45) is 5.14 Å². The van der Waals surface area contributed by atoms with E-state index in [9.17, 15) is 18.0 Å². The van der Waals surface area contributed by atoms with Gasteiger partial charge >= 0.3 is 12.0 Å². The van der Waals surface area contributed by atoms with Crippen LogP contribution in [0.1, 0.15) is 16.2 Å². The third-order valence-corrected chi connectivity index (χ3v) is 2.86. The number of H-pyrrole nitrogens is 1. The number of primary sulfonamides is 1. The van der Waals surface area contributed by atoms with Gasteiger partial charge in [0.25, 0.3) is 0 Å². The fraction of sp³-hybridized carbons (Fsp3) is 0.333. The van der Waals surface area contributed by atoms with Crippen molar-refractivity contribution in [3.8, 4) is 0 Å². The molecule has 1 aromatic rings. The third kappa shape index (κ3) is 4.97. The highest BCUT2D eigenvalue weighted by atomic mass is 32.2. The first-order valence-corrected chi connectivity index (χ1v) is 6.89. The van der Waals surface area contributed by atoms with Gasteiger partial charge in [-0.2, -0.15) is 0 Å². The van der Waals surface area contributed by atoms with E-state index in [0.717, 1.165) is 0 Å². The Morgan fingerprint density at radius 2 is 2.11 bits per heavy atom. The van der Waals surface area contributed by atoms with E-state index in [1.807, 2.05) is 0 Å². The lowest BCUT2D eigenvalue weighted by Gasteiger charge is -2.06. The molecule has 0 atom stereocenters. The Balaban J connectivity index is 2.60. The fourth-order valence-corrected chi connectivity index (χ4v) is 1.72. The average Bonchev–Trinajstić information content (AvgIpc) is 2.57. The van der Waals surface area contributed by atoms with Crippen molar-refractivity contribution in [1.82, 2.24) is 10.3 Å². The van der Waals surface area contributed by atoms with Crippen LogP contribution in [0.4, 0.5) is 10.5 Å². The zero-order chi connectivity index (χ0) is 14.6. The molecule has 6 N–H and O–H groups in total. The average molecular weight is 290 g/mol. The second-order valence-corrected chi connectivity index (χ2v) is 5.53. The molecule has 106 valence electrons. The van der Waals surface area contributed by atoms with Crippen LogP contribution in [-0.2, 0) is 10.0 Å². The number of nitrogens with one attached hydrogen (secondary N) is 3. The van der Waals surface area contributed by atoms with Gasteiger partial charge in [0.2, 0.25) is 10.0 Å². The molecule has 19 heavy (non-hydrogen) atoms. The zero-order valence-corrected chi connectivity index (χ0v) is 10.9. The summed E-state index contributed by atoms with van der Waals surface area (Å²) >= 11 is 0. The van der Waals surface area contributed by atoms with Crippen LogP contribution in [0.15, 0.2) is 6.07 Å². The molecule has 1 heterocycles. The molecule has 0 bridgehead atoms. The van der Waals surface area contributed by atoms with Crippen LogP contribution in [0.2, 0.25) is 0 Å². The molecule has 0 saturated heterocycles. The molecule has 0 spiro atoms. The molecule has 0 radical (unpaired) electrons. The van der Waals surface area contributed by atoms with Gasteiger partial charge in [-0.15, -0.1) is 0 Å². The summed E-state index contributed by atoms with van der Waals surface area (Å²) in [5.41, 5.74) is 0.509. The summed E-state index contributed by atoms with van der Waals surface area (Å²) in [6.45, 7) is 1.47. The highest BCUT2D eigenvalue weighted by Crippen LogP contribution is 2.16. The van der Waals surface area contributed by atoms with E-state index in [0.29, 0.717) is 5.69 Å². The highest BCUT2D eigenvalue weighted by molar-refractivity contribution is 7.89. The van der Waals surface area contributed by atoms with Gasteiger partial charge in [-0.05, 0) is 13.0 Å². The molecule has 1 rings (SSSR count). The molecular weight excluding hydrogens is 276 g/mol. The Labute approximate surface area is 109 Å². The van der Waals surface area contributed by atoms with E-state index in [2.05, 4.69) is 15.6 Å². The maximum Gasteiger partial charge on any atom is 0.354 e. The number of hydrogen-bond donors (Lipinski definition) is 5. The van der Waals surface area contributed by atoms with Crippen LogP contribution in [0.3, 0.4) is 0 Å². The first kappa shape index (κ1) is 15.0. The van der Waals surface area contributed by atoms with Gasteiger partial charge in [-0.1, -0.05) is 0 Å². The number of nitrogens with two attached hydrogens (primary N) is 1. The number of carboxylic acids is 1. The monoisotopic (exact) mass is 290 g/mol. The van der Waals surface area contributed by atoms with Crippen LogP contribution in [0.25, 0.3) is 0 Å². The van der Waals surface area contributed by atoms with E-state index in [4.69, 9.17) is 10.2 Å².